The number of benzene rings is 2. The molecule has 1 amide bonds. The van der Waals surface area contributed by atoms with Gasteiger partial charge in [0.25, 0.3) is 5.91 Å². The standard InChI is InChI=1S/C18H18ClNO4/c1-12(13-7-3-5-9-15(13)19)20-17(21)11-24-18(22)14-8-4-6-10-16(14)23-2/h3-10,12H,11H2,1-2H3,(H,20,21)/t12-/m0/s1. The highest BCUT2D eigenvalue weighted by Crippen LogP contribution is 2.22. The molecule has 5 nitrogen and oxygen atoms in total. The Morgan fingerprint density at radius 3 is 2.50 bits per heavy atom. The van der Waals surface area contributed by atoms with Gasteiger partial charge in [-0.3, -0.25) is 4.79 Å². The number of para-hydroxylation sites is 1. The van der Waals surface area contributed by atoms with E-state index < -0.39 is 11.9 Å². The van der Waals surface area contributed by atoms with Gasteiger partial charge in [0.05, 0.1) is 13.2 Å². The second-order valence-corrected chi connectivity index (χ2v) is 5.49. The zero-order chi connectivity index (χ0) is 17.5. The van der Waals surface area contributed by atoms with E-state index in [2.05, 4.69) is 5.32 Å². The SMILES string of the molecule is COc1ccccc1C(=O)OCC(=O)N[C@@H](C)c1ccccc1Cl. The Labute approximate surface area is 145 Å². The quantitative estimate of drug-likeness (QED) is 0.813. The van der Waals surface area contributed by atoms with Crippen LogP contribution in [0.15, 0.2) is 48.5 Å². The van der Waals surface area contributed by atoms with Gasteiger partial charge < -0.3 is 14.8 Å². The molecular formula is C18H18ClNO4. The smallest absolute Gasteiger partial charge is 0.342 e. The first kappa shape index (κ1) is 17.8. The first-order chi connectivity index (χ1) is 11.5. The molecule has 0 unspecified atom stereocenters. The summed E-state index contributed by atoms with van der Waals surface area (Å²) in [6, 6.07) is 13.6. The van der Waals surface area contributed by atoms with Crippen molar-refractivity contribution in [3.05, 3.63) is 64.7 Å². The van der Waals surface area contributed by atoms with Gasteiger partial charge in [-0.2, -0.15) is 0 Å². The van der Waals surface area contributed by atoms with Crippen LogP contribution in [-0.2, 0) is 9.53 Å². The van der Waals surface area contributed by atoms with Crippen molar-refractivity contribution in [2.24, 2.45) is 0 Å². The van der Waals surface area contributed by atoms with E-state index in [0.29, 0.717) is 10.8 Å². The largest absolute Gasteiger partial charge is 0.496 e. The van der Waals surface area contributed by atoms with Crippen molar-refractivity contribution in [2.75, 3.05) is 13.7 Å². The van der Waals surface area contributed by atoms with Crippen LogP contribution in [0.3, 0.4) is 0 Å². The topological polar surface area (TPSA) is 64.6 Å². The second-order valence-electron chi connectivity index (χ2n) is 5.09. The number of carbonyl (C=O) groups excluding carboxylic acids is 2. The zero-order valence-corrected chi connectivity index (χ0v) is 14.2. The minimum absolute atomic E-state index is 0.270. The third kappa shape index (κ3) is 4.49. The number of rotatable bonds is 6. The van der Waals surface area contributed by atoms with E-state index in [0.717, 1.165) is 5.56 Å². The molecule has 0 aromatic heterocycles. The molecule has 0 heterocycles. The summed E-state index contributed by atoms with van der Waals surface area (Å²) in [5, 5.41) is 3.31. The number of halogens is 1. The summed E-state index contributed by atoms with van der Waals surface area (Å²) in [6.07, 6.45) is 0. The molecule has 0 fully saturated rings. The highest BCUT2D eigenvalue weighted by Gasteiger charge is 2.16. The lowest BCUT2D eigenvalue weighted by atomic mass is 10.1. The van der Waals surface area contributed by atoms with Crippen LogP contribution >= 0.6 is 11.6 Å². The Balaban J connectivity index is 1.91. The minimum atomic E-state index is -0.618. The fraction of sp³-hybridized carbons (Fsp3) is 0.222. The molecule has 2 aromatic rings. The molecule has 0 aliphatic heterocycles. The van der Waals surface area contributed by atoms with Crippen LogP contribution < -0.4 is 10.1 Å². The van der Waals surface area contributed by atoms with E-state index in [1.54, 1.807) is 37.3 Å². The minimum Gasteiger partial charge on any atom is -0.496 e. The monoisotopic (exact) mass is 347 g/mol. The fourth-order valence-corrected chi connectivity index (χ4v) is 2.51. The Kier molecular flexibility index (Phi) is 6.21. The molecule has 1 N–H and O–H groups in total. The summed E-state index contributed by atoms with van der Waals surface area (Å²) in [4.78, 5) is 24.0. The zero-order valence-electron chi connectivity index (χ0n) is 13.4. The van der Waals surface area contributed by atoms with Crippen molar-refractivity contribution in [3.8, 4) is 5.75 Å². The van der Waals surface area contributed by atoms with Crippen LogP contribution in [0.2, 0.25) is 5.02 Å². The molecule has 0 saturated carbocycles. The van der Waals surface area contributed by atoms with Crippen LogP contribution in [0.25, 0.3) is 0 Å². The van der Waals surface area contributed by atoms with Gasteiger partial charge in [0.15, 0.2) is 6.61 Å². The van der Waals surface area contributed by atoms with Crippen molar-refractivity contribution in [1.29, 1.82) is 0 Å². The van der Waals surface area contributed by atoms with E-state index in [4.69, 9.17) is 21.1 Å². The third-order valence-corrected chi connectivity index (χ3v) is 3.75. The lowest BCUT2D eigenvalue weighted by Gasteiger charge is -2.16. The number of hydrogen-bond donors (Lipinski definition) is 1. The Hall–Kier alpha value is -2.53. The summed E-state index contributed by atoms with van der Waals surface area (Å²) < 4.78 is 10.1. The normalized spacial score (nSPS) is 11.5. The predicted octanol–water partition coefficient (Wildman–Crippen LogP) is 3.38. The first-order valence-electron chi connectivity index (χ1n) is 7.37. The molecular weight excluding hydrogens is 330 g/mol. The van der Waals surface area contributed by atoms with Gasteiger partial charge in [0.2, 0.25) is 0 Å². The summed E-state index contributed by atoms with van der Waals surface area (Å²) in [5.74, 6) is -0.633. The third-order valence-electron chi connectivity index (χ3n) is 3.41. The van der Waals surface area contributed by atoms with Gasteiger partial charge in [-0.25, -0.2) is 4.79 Å². The van der Waals surface area contributed by atoms with E-state index in [-0.39, 0.29) is 18.2 Å². The average molecular weight is 348 g/mol. The molecule has 0 radical (unpaired) electrons. The number of methoxy groups -OCH3 is 1. The van der Waals surface area contributed by atoms with Crippen molar-refractivity contribution in [1.82, 2.24) is 5.32 Å². The predicted molar refractivity (Wildman–Crippen MR) is 91.3 cm³/mol. The van der Waals surface area contributed by atoms with Gasteiger partial charge in [-0.1, -0.05) is 41.9 Å². The lowest BCUT2D eigenvalue weighted by molar-refractivity contribution is -0.124. The van der Waals surface area contributed by atoms with Gasteiger partial charge >= 0.3 is 5.97 Å². The van der Waals surface area contributed by atoms with Crippen LogP contribution in [0, 0.1) is 0 Å². The molecule has 0 bridgehead atoms. The molecule has 0 spiro atoms. The Morgan fingerprint density at radius 1 is 1.12 bits per heavy atom. The van der Waals surface area contributed by atoms with Crippen LogP contribution in [0.5, 0.6) is 5.75 Å². The molecule has 0 aliphatic carbocycles. The molecule has 0 aliphatic rings. The number of carbonyl (C=O) groups is 2. The van der Waals surface area contributed by atoms with Gasteiger partial charge in [-0.15, -0.1) is 0 Å². The van der Waals surface area contributed by atoms with Gasteiger partial charge in [0.1, 0.15) is 11.3 Å². The molecule has 0 saturated heterocycles. The average Bonchev–Trinajstić information content (AvgIpc) is 2.59. The van der Waals surface area contributed by atoms with Crippen LogP contribution in [-0.4, -0.2) is 25.6 Å². The number of hydrogen-bond acceptors (Lipinski definition) is 4. The fourth-order valence-electron chi connectivity index (χ4n) is 2.21. The number of amides is 1. The van der Waals surface area contributed by atoms with Crippen LogP contribution in [0.1, 0.15) is 28.9 Å². The number of ether oxygens (including phenoxy) is 2. The van der Waals surface area contributed by atoms with Gasteiger partial charge in [0, 0.05) is 5.02 Å². The van der Waals surface area contributed by atoms with Gasteiger partial charge in [-0.05, 0) is 30.7 Å². The summed E-state index contributed by atoms with van der Waals surface area (Å²) in [7, 11) is 1.46. The molecule has 2 rings (SSSR count). The van der Waals surface area contributed by atoms with Crippen molar-refractivity contribution in [2.45, 2.75) is 13.0 Å². The maximum atomic E-state index is 12.0. The van der Waals surface area contributed by atoms with Crippen molar-refractivity contribution in [3.63, 3.8) is 0 Å². The molecule has 1 atom stereocenters. The summed E-state index contributed by atoms with van der Waals surface area (Å²) in [5.41, 5.74) is 1.07. The molecule has 6 heteroatoms. The van der Waals surface area contributed by atoms with Crippen molar-refractivity contribution >= 4 is 23.5 Å². The number of esters is 1. The summed E-state index contributed by atoms with van der Waals surface area (Å²) in [6.45, 7) is 1.42. The second kappa shape index (κ2) is 8.36. The molecule has 24 heavy (non-hydrogen) atoms. The van der Waals surface area contributed by atoms with E-state index in [9.17, 15) is 9.59 Å². The van der Waals surface area contributed by atoms with Crippen LogP contribution in [0.4, 0.5) is 0 Å². The molecule has 2 aromatic carbocycles. The molecule has 126 valence electrons. The highest BCUT2D eigenvalue weighted by molar-refractivity contribution is 6.31. The Morgan fingerprint density at radius 2 is 1.79 bits per heavy atom. The van der Waals surface area contributed by atoms with Crippen molar-refractivity contribution < 1.29 is 19.1 Å². The highest BCUT2D eigenvalue weighted by atomic mass is 35.5. The number of nitrogens with one attached hydrogen (secondary N) is 1. The lowest BCUT2D eigenvalue weighted by Crippen LogP contribution is -2.31. The van der Waals surface area contributed by atoms with E-state index in [1.807, 2.05) is 18.2 Å². The summed E-state index contributed by atoms with van der Waals surface area (Å²) >= 11 is 6.09. The van der Waals surface area contributed by atoms with E-state index in [1.165, 1.54) is 7.11 Å². The van der Waals surface area contributed by atoms with E-state index >= 15 is 0 Å². The maximum Gasteiger partial charge on any atom is 0.342 e. The Bertz CT molecular complexity index is 732. The maximum absolute atomic E-state index is 12.0. The first-order valence-corrected chi connectivity index (χ1v) is 7.74.